The van der Waals surface area contributed by atoms with Crippen molar-refractivity contribution in [3.63, 3.8) is 0 Å². The van der Waals surface area contributed by atoms with Crippen LogP contribution in [0, 0.1) is 0 Å². The van der Waals surface area contributed by atoms with Gasteiger partial charge in [0.15, 0.2) is 0 Å². The summed E-state index contributed by atoms with van der Waals surface area (Å²) in [6.45, 7) is 2.59. The molecule has 0 bridgehead atoms. The molecule has 1 saturated heterocycles. The molecule has 0 unspecified atom stereocenters. The van der Waals surface area contributed by atoms with E-state index in [4.69, 9.17) is 11.6 Å². The number of halogens is 1. The molecule has 3 rings (SSSR count). The van der Waals surface area contributed by atoms with E-state index in [1.54, 1.807) is 25.1 Å². The first kappa shape index (κ1) is 19.8. The Kier molecular flexibility index (Phi) is 5.55. The van der Waals surface area contributed by atoms with Gasteiger partial charge in [-0.05, 0) is 38.0 Å². The van der Waals surface area contributed by atoms with E-state index in [1.807, 2.05) is 0 Å². The second-order valence-corrected chi connectivity index (χ2v) is 8.93. The lowest BCUT2D eigenvalue weighted by atomic mass is 10.2. The summed E-state index contributed by atoms with van der Waals surface area (Å²) < 4.78 is 25.1. The number of H-pyrrole nitrogens is 1. The molecule has 1 aliphatic heterocycles. The monoisotopic (exact) mass is 412 g/mol. The lowest BCUT2D eigenvalue weighted by molar-refractivity contribution is -0.135. The molecule has 0 spiro atoms. The molecule has 1 atom stereocenters. The Morgan fingerprint density at radius 3 is 2.85 bits per heavy atom. The number of likely N-dealkylation sites (N-methyl/N-ethyl adjacent to an activating group) is 1. The molecule has 2 heterocycles. The first-order chi connectivity index (χ1) is 12.7. The zero-order valence-corrected chi connectivity index (χ0v) is 16.7. The van der Waals surface area contributed by atoms with E-state index >= 15 is 0 Å². The van der Waals surface area contributed by atoms with Crippen molar-refractivity contribution in [3.05, 3.63) is 39.4 Å². The van der Waals surface area contributed by atoms with Crippen molar-refractivity contribution in [2.75, 3.05) is 19.3 Å². The van der Waals surface area contributed by atoms with Crippen molar-refractivity contribution < 1.29 is 13.2 Å². The van der Waals surface area contributed by atoms with Crippen LogP contribution in [0.1, 0.15) is 25.6 Å². The van der Waals surface area contributed by atoms with Crippen LogP contribution in [0.15, 0.2) is 23.0 Å². The van der Waals surface area contributed by atoms with E-state index in [-0.39, 0.29) is 18.0 Å². The van der Waals surface area contributed by atoms with Crippen molar-refractivity contribution in [1.82, 2.24) is 19.2 Å². The van der Waals surface area contributed by atoms with Gasteiger partial charge < -0.3 is 9.88 Å². The summed E-state index contributed by atoms with van der Waals surface area (Å²) >= 11 is 5.97. The van der Waals surface area contributed by atoms with Crippen LogP contribution in [0.5, 0.6) is 0 Å². The van der Waals surface area contributed by atoms with Crippen LogP contribution in [0.4, 0.5) is 0 Å². The van der Waals surface area contributed by atoms with Crippen molar-refractivity contribution in [3.8, 4) is 0 Å². The Morgan fingerprint density at radius 1 is 1.44 bits per heavy atom. The van der Waals surface area contributed by atoms with E-state index in [0.29, 0.717) is 47.7 Å². The van der Waals surface area contributed by atoms with Crippen molar-refractivity contribution in [2.24, 2.45) is 0 Å². The molecule has 8 nitrogen and oxygen atoms in total. The number of carbonyl (C=O) groups excluding carboxylic acids is 1. The Morgan fingerprint density at radius 2 is 2.19 bits per heavy atom. The quantitative estimate of drug-likeness (QED) is 0.798. The smallest absolute Gasteiger partial charge is 0.258 e. The van der Waals surface area contributed by atoms with Crippen molar-refractivity contribution in [1.29, 1.82) is 0 Å². The van der Waals surface area contributed by atoms with Gasteiger partial charge in [-0.1, -0.05) is 11.6 Å². The summed E-state index contributed by atoms with van der Waals surface area (Å²) in [5.74, 6) is 0.0446. The van der Waals surface area contributed by atoms with Gasteiger partial charge >= 0.3 is 0 Å². The molecular formula is C17H21ClN4O4S. The number of fused-ring (bicyclic) bond motifs is 1. The molecule has 0 aliphatic carbocycles. The predicted molar refractivity (Wildman–Crippen MR) is 103 cm³/mol. The fourth-order valence-corrected chi connectivity index (χ4v) is 4.64. The van der Waals surface area contributed by atoms with E-state index < -0.39 is 16.1 Å². The number of carbonyl (C=O) groups is 1. The molecule has 0 saturated carbocycles. The molecule has 1 N–H and O–H groups in total. The molecule has 1 aromatic carbocycles. The Bertz CT molecular complexity index is 1040. The molecule has 1 aliphatic rings. The number of hydrogen-bond acceptors (Lipinski definition) is 5. The second-order valence-electron chi connectivity index (χ2n) is 6.56. The summed E-state index contributed by atoms with van der Waals surface area (Å²) in [6, 6.07) is 4.10. The third-order valence-electron chi connectivity index (χ3n) is 4.67. The third kappa shape index (κ3) is 4.15. The second kappa shape index (κ2) is 7.57. The summed E-state index contributed by atoms with van der Waals surface area (Å²) in [4.78, 5) is 33.8. The minimum atomic E-state index is -3.45. The van der Waals surface area contributed by atoms with Gasteiger partial charge in [0.1, 0.15) is 11.9 Å². The first-order valence-corrected chi connectivity index (χ1v) is 10.9. The minimum absolute atomic E-state index is 0.0845. The van der Waals surface area contributed by atoms with Crippen LogP contribution >= 0.6 is 11.6 Å². The summed E-state index contributed by atoms with van der Waals surface area (Å²) in [5.41, 5.74) is 0.136. The summed E-state index contributed by atoms with van der Waals surface area (Å²) in [7, 11) is -3.45. The number of nitrogens with one attached hydrogen (secondary N) is 1. The van der Waals surface area contributed by atoms with Crippen molar-refractivity contribution >= 4 is 38.4 Å². The highest BCUT2D eigenvalue weighted by molar-refractivity contribution is 7.88. The molecule has 27 heavy (non-hydrogen) atoms. The molecule has 1 aromatic heterocycles. The number of aromatic amines is 1. The SMILES string of the molecule is CCN(Cc1nc2cc(Cl)ccc2c(=O)[nH]1)C(=O)[C@H]1CCCN1S(C)(=O)=O. The van der Waals surface area contributed by atoms with Gasteiger partial charge in [-0.2, -0.15) is 4.31 Å². The van der Waals surface area contributed by atoms with Gasteiger partial charge in [0.25, 0.3) is 5.56 Å². The lowest BCUT2D eigenvalue weighted by Crippen LogP contribution is -2.47. The molecule has 1 fully saturated rings. The van der Waals surface area contributed by atoms with Gasteiger partial charge in [0, 0.05) is 18.1 Å². The predicted octanol–water partition coefficient (Wildman–Crippen LogP) is 1.35. The fraction of sp³-hybridized carbons (Fsp3) is 0.471. The van der Waals surface area contributed by atoms with Crippen LogP contribution in [0.2, 0.25) is 5.02 Å². The number of nitrogens with zero attached hydrogens (tertiary/aromatic N) is 3. The average molecular weight is 413 g/mol. The number of hydrogen-bond donors (Lipinski definition) is 1. The number of aromatic nitrogens is 2. The van der Waals surface area contributed by atoms with Crippen LogP contribution in [-0.4, -0.2) is 58.9 Å². The van der Waals surface area contributed by atoms with E-state index in [0.717, 1.165) is 6.26 Å². The first-order valence-electron chi connectivity index (χ1n) is 8.64. The zero-order valence-electron chi connectivity index (χ0n) is 15.1. The molecular weight excluding hydrogens is 392 g/mol. The normalized spacial score (nSPS) is 18.1. The summed E-state index contributed by atoms with van der Waals surface area (Å²) in [5, 5.41) is 0.876. The van der Waals surface area contributed by atoms with Gasteiger partial charge in [-0.25, -0.2) is 13.4 Å². The molecule has 0 radical (unpaired) electrons. The van der Waals surface area contributed by atoms with Gasteiger partial charge in [0.05, 0.1) is 23.7 Å². The van der Waals surface area contributed by atoms with Crippen LogP contribution in [-0.2, 0) is 21.4 Å². The average Bonchev–Trinajstić information content (AvgIpc) is 3.08. The van der Waals surface area contributed by atoms with E-state index in [2.05, 4.69) is 9.97 Å². The number of rotatable bonds is 5. The largest absolute Gasteiger partial charge is 0.334 e. The van der Waals surface area contributed by atoms with Crippen molar-refractivity contribution in [2.45, 2.75) is 32.4 Å². The third-order valence-corrected chi connectivity index (χ3v) is 6.19. The van der Waals surface area contributed by atoms with Crippen LogP contribution in [0.25, 0.3) is 10.9 Å². The topological polar surface area (TPSA) is 103 Å². The Balaban J connectivity index is 1.88. The molecule has 146 valence electrons. The van der Waals surface area contributed by atoms with Crippen LogP contribution < -0.4 is 5.56 Å². The maximum Gasteiger partial charge on any atom is 0.258 e. The van der Waals surface area contributed by atoms with Crippen LogP contribution in [0.3, 0.4) is 0 Å². The highest BCUT2D eigenvalue weighted by atomic mass is 35.5. The van der Waals surface area contributed by atoms with Gasteiger partial charge in [-0.3, -0.25) is 9.59 Å². The summed E-state index contributed by atoms with van der Waals surface area (Å²) in [6.07, 6.45) is 2.24. The molecule has 10 heteroatoms. The highest BCUT2D eigenvalue weighted by Crippen LogP contribution is 2.23. The Hall–Kier alpha value is -1.97. The number of amides is 1. The van der Waals surface area contributed by atoms with Gasteiger partial charge in [0.2, 0.25) is 15.9 Å². The number of benzene rings is 1. The van der Waals surface area contributed by atoms with E-state index in [9.17, 15) is 18.0 Å². The molecule has 2 aromatic rings. The Labute approximate surface area is 162 Å². The number of sulfonamides is 1. The maximum absolute atomic E-state index is 12.9. The standard InChI is InChI=1S/C17H21ClN4O4S/c1-3-21(17(24)14-5-4-8-22(14)27(2,25)26)10-15-19-13-9-11(18)6-7-12(13)16(23)20-15/h6-7,9,14H,3-5,8,10H2,1-2H3,(H,19,20,23)/t14-/m1/s1. The van der Waals surface area contributed by atoms with Gasteiger partial charge in [-0.15, -0.1) is 0 Å². The van der Waals surface area contributed by atoms with E-state index in [1.165, 1.54) is 9.21 Å². The fourth-order valence-electron chi connectivity index (χ4n) is 3.36. The highest BCUT2D eigenvalue weighted by Gasteiger charge is 2.38. The lowest BCUT2D eigenvalue weighted by Gasteiger charge is -2.28. The zero-order chi connectivity index (χ0) is 19.8. The molecule has 1 amide bonds. The maximum atomic E-state index is 12.9. The minimum Gasteiger partial charge on any atom is -0.334 e.